The molecular formula is C22H19NOS. The Morgan fingerprint density at radius 1 is 1.16 bits per heavy atom. The van der Waals surface area contributed by atoms with E-state index in [2.05, 4.69) is 31.2 Å². The van der Waals surface area contributed by atoms with Crippen LogP contribution >= 0.6 is 11.3 Å². The second kappa shape index (κ2) is 6.15. The van der Waals surface area contributed by atoms with Crippen LogP contribution in [0.25, 0.3) is 0 Å². The minimum Gasteiger partial charge on any atom is -0.387 e. The van der Waals surface area contributed by atoms with E-state index in [1.54, 1.807) is 11.3 Å². The van der Waals surface area contributed by atoms with Crippen LogP contribution in [0.15, 0.2) is 66.0 Å². The van der Waals surface area contributed by atoms with E-state index < -0.39 is 6.10 Å². The zero-order valence-corrected chi connectivity index (χ0v) is 14.8. The molecule has 0 saturated heterocycles. The van der Waals surface area contributed by atoms with Gasteiger partial charge in [-0.15, -0.1) is 11.3 Å². The molecule has 1 aromatic heterocycles. The van der Waals surface area contributed by atoms with E-state index in [9.17, 15) is 10.4 Å². The van der Waals surface area contributed by atoms with Crippen LogP contribution in [0.4, 0.5) is 0 Å². The first kappa shape index (κ1) is 16.1. The van der Waals surface area contributed by atoms with Crippen LogP contribution in [0.3, 0.4) is 0 Å². The van der Waals surface area contributed by atoms with E-state index in [0.717, 1.165) is 11.3 Å². The number of rotatable bonds is 3. The highest BCUT2D eigenvalue weighted by atomic mass is 32.1. The van der Waals surface area contributed by atoms with Crippen LogP contribution in [-0.2, 0) is 6.42 Å². The Hall–Kier alpha value is -2.41. The van der Waals surface area contributed by atoms with Gasteiger partial charge in [-0.05, 0) is 46.7 Å². The highest BCUT2D eigenvalue weighted by Gasteiger charge is 2.48. The van der Waals surface area contributed by atoms with Crippen LogP contribution in [0.1, 0.15) is 46.1 Å². The van der Waals surface area contributed by atoms with Crippen LogP contribution in [-0.4, -0.2) is 5.11 Å². The van der Waals surface area contributed by atoms with Gasteiger partial charge >= 0.3 is 0 Å². The third-order valence-electron chi connectivity index (χ3n) is 5.39. The summed E-state index contributed by atoms with van der Waals surface area (Å²) in [6, 6.07) is 22.5. The fraction of sp³-hybridized carbons (Fsp3) is 0.227. The summed E-state index contributed by atoms with van der Waals surface area (Å²) in [7, 11) is 0. The van der Waals surface area contributed by atoms with Gasteiger partial charge in [0.05, 0.1) is 17.7 Å². The van der Waals surface area contributed by atoms with E-state index in [4.69, 9.17) is 0 Å². The predicted molar refractivity (Wildman–Crippen MR) is 101 cm³/mol. The highest BCUT2D eigenvalue weighted by molar-refractivity contribution is 7.10. The van der Waals surface area contributed by atoms with E-state index >= 15 is 0 Å². The average molecular weight is 345 g/mol. The number of thiophene rings is 1. The summed E-state index contributed by atoms with van der Waals surface area (Å²) in [5.41, 5.74) is 3.92. The lowest BCUT2D eigenvalue weighted by Gasteiger charge is -2.36. The maximum Gasteiger partial charge on any atom is 0.0991 e. The van der Waals surface area contributed by atoms with Crippen molar-refractivity contribution in [1.29, 1.82) is 5.26 Å². The SMILES string of the molecule is CC1([C@@H](O)c2cccs2)Cc2ccc(C#N)cc2C1c1ccccc1. The average Bonchev–Trinajstić information content (AvgIpc) is 3.27. The first-order valence-corrected chi connectivity index (χ1v) is 9.31. The number of nitrogens with zero attached hydrogens (tertiary/aromatic N) is 1. The van der Waals surface area contributed by atoms with Crippen molar-refractivity contribution >= 4 is 11.3 Å². The van der Waals surface area contributed by atoms with Gasteiger partial charge in [0.25, 0.3) is 0 Å². The second-order valence-electron chi connectivity index (χ2n) is 6.97. The van der Waals surface area contributed by atoms with Gasteiger partial charge in [-0.25, -0.2) is 0 Å². The lowest BCUT2D eigenvalue weighted by molar-refractivity contribution is 0.0346. The second-order valence-corrected chi connectivity index (χ2v) is 7.95. The molecule has 1 aliphatic rings. The lowest BCUT2D eigenvalue weighted by atomic mass is 9.70. The molecule has 124 valence electrons. The maximum atomic E-state index is 11.2. The number of hydrogen-bond acceptors (Lipinski definition) is 3. The van der Waals surface area contributed by atoms with Crippen LogP contribution in [0.5, 0.6) is 0 Å². The van der Waals surface area contributed by atoms with Crippen molar-refractivity contribution in [2.75, 3.05) is 0 Å². The Labute approximate surface area is 152 Å². The first-order chi connectivity index (χ1) is 12.1. The molecule has 1 aliphatic carbocycles. The summed E-state index contributed by atoms with van der Waals surface area (Å²) in [4.78, 5) is 0.997. The molecule has 0 saturated carbocycles. The molecular weight excluding hydrogens is 326 g/mol. The van der Waals surface area contributed by atoms with Crippen molar-refractivity contribution in [1.82, 2.24) is 0 Å². The first-order valence-electron chi connectivity index (χ1n) is 8.43. The van der Waals surface area contributed by atoms with Gasteiger partial charge in [0.15, 0.2) is 0 Å². The van der Waals surface area contributed by atoms with Crippen molar-refractivity contribution in [3.8, 4) is 6.07 Å². The lowest BCUT2D eigenvalue weighted by Crippen LogP contribution is -2.30. The fourth-order valence-corrected chi connectivity index (χ4v) is 5.06. The Balaban J connectivity index is 1.88. The van der Waals surface area contributed by atoms with Crippen LogP contribution < -0.4 is 0 Å². The number of aliphatic hydroxyl groups excluding tert-OH is 1. The quantitative estimate of drug-likeness (QED) is 0.722. The zero-order valence-electron chi connectivity index (χ0n) is 14.0. The van der Waals surface area contributed by atoms with Gasteiger partial charge in [0.1, 0.15) is 0 Å². The van der Waals surface area contributed by atoms with Crippen molar-refractivity contribution in [2.24, 2.45) is 5.41 Å². The Bertz CT molecular complexity index is 926. The van der Waals surface area contributed by atoms with E-state index in [0.29, 0.717) is 5.56 Å². The summed E-state index contributed by atoms with van der Waals surface area (Å²) in [5.74, 6) is 0.0640. The number of nitriles is 1. The van der Waals surface area contributed by atoms with Gasteiger partial charge in [-0.3, -0.25) is 0 Å². The summed E-state index contributed by atoms with van der Waals surface area (Å²) in [6.45, 7) is 2.17. The van der Waals surface area contributed by atoms with Gasteiger partial charge in [0, 0.05) is 16.2 Å². The fourth-order valence-electron chi connectivity index (χ4n) is 4.19. The van der Waals surface area contributed by atoms with Gasteiger partial charge < -0.3 is 5.11 Å². The molecule has 3 heteroatoms. The third-order valence-corrected chi connectivity index (χ3v) is 6.31. The normalized spacial score (nSPS) is 23.0. The van der Waals surface area contributed by atoms with Gasteiger partial charge in [0.2, 0.25) is 0 Å². The third kappa shape index (κ3) is 2.59. The Kier molecular flexibility index (Phi) is 3.95. The summed E-state index contributed by atoms with van der Waals surface area (Å²) in [6.07, 6.45) is 0.253. The summed E-state index contributed by atoms with van der Waals surface area (Å²) >= 11 is 1.60. The largest absolute Gasteiger partial charge is 0.387 e. The minimum absolute atomic E-state index is 0.0640. The van der Waals surface area contributed by atoms with Crippen molar-refractivity contribution in [3.05, 3.63) is 93.2 Å². The molecule has 0 radical (unpaired) electrons. The molecule has 2 aromatic carbocycles. The van der Waals surface area contributed by atoms with E-state index in [1.165, 1.54) is 16.7 Å². The molecule has 0 bridgehead atoms. The standard InChI is InChI=1S/C22H19NOS/c1-22(21(24)19-8-5-11-25-19)13-17-10-9-15(14-23)12-18(17)20(22)16-6-3-2-4-7-16/h2-12,20-21,24H,13H2,1H3/t20?,21-,22?/m0/s1. The molecule has 4 rings (SSSR count). The summed E-state index contributed by atoms with van der Waals surface area (Å²) in [5, 5.41) is 22.6. The number of aliphatic hydroxyl groups is 1. The number of hydrogen-bond donors (Lipinski definition) is 1. The number of fused-ring (bicyclic) bond motifs is 1. The molecule has 0 spiro atoms. The van der Waals surface area contributed by atoms with Crippen molar-refractivity contribution < 1.29 is 5.11 Å². The smallest absolute Gasteiger partial charge is 0.0991 e. The highest BCUT2D eigenvalue weighted by Crippen LogP contribution is 2.57. The molecule has 0 aliphatic heterocycles. The van der Waals surface area contributed by atoms with Crippen LogP contribution in [0, 0.1) is 16.7 Å². The molecule has 3 atom stereocenters. The molecule has 0 amide bonds. The van der Waals surface area contributed by atoms with Crippen LogP contribution in [0.2, 0.25) is 0 Å². The van der Waals surface area contributed by atoms with E-state index in [-0.39, 0.29) is 11.3 Å². The summed E-state index contributed by atoms with van der Waals surface area (Å²) < 4.78 is 0. The van der Waals surface area contributed by atoms with Crippen molar-refractivity contribution in [3.63, 3.8) is 0 Å². The Morgan fingerprint density at radius 3 is 2.64 bits per heavy atom. The van der Waals surface area contributed by atoms with Gasteiger partial charge in [-0.2, -0.15) is 5.26 Å². The molecule has 1 heterocycles. The molecule has 25 heavy (non-hydrogen) atoms. The molecule has 2 unspecified atom stereocenters. The molecule has 1 N–H and O–H groups in total. The predicted octanol–water partition coefficient (Wildman–Crippen LogP) is 5.05. The van der Waals surface area contributed by atoms with Crippen molar-refractivity contribution in [2.45, 2.75) is 25.4 Å². The topological polar surface area (TPSA) is 44.0 Å². The monoisotopic (exact) mass is 345 g/mol. The Morgan fingerprint density at radius 2 is 1.96 bits per heavy atom. The minimum atomic E-state index is -0.546. The molecule has 2 nitrogen and oxygen atoms in total. The zero-order chi connectivity index (χ0) is 17.4. The molecule has 3 aromatic rings. The molecule has 0 fully saturated rings. The van der Waals surface area contributed by atoms with Gasteiger partial charge in [-0.1, -0.05) is 49.4 Å². The van der Waals surface area contributed by atoms with E-state index in [1.807, 2.05) is 47.8 Å². The maximum absolute atomic E-state index is 11.2. The number of benzene rings is 2.